The van der Waals surface area contributed by atoms with Crippen LogP contribution in [0.25, 0.3) is 0 Å². The first-order valence-corrected chi connectivity index (χ1v) is 8.19. The molecule has 2 rings (SSSR count). The Morgan fingerprint density at radius 3 is 2.82 bits per heavy atom. The van der Waals surface area contributed by atoms with Crippen molar-refractivity contribution >= 4 is 21.4 Å². The summed E-state index contributed by atoms with van der Waals surface area (Å²) in [6.07, 6.45) is 0. The van der Waals surface area contributed by atoms with Crippen LogP contribution in [0, 0.1) is 5.92 Å². The van der Waals surface area contributed by atoms with Crippen molar-refractivity contribution < 1.29 is 8.42 Å². The van der Waals surface area contributed by atoms with Gasteiger partial charge in [0.05, 0.1) is 5.75 Å². The highest BCUT2D eigenvalue weighted by molar-refractivity contribution is 7.89. The molecule has 0 aliphatic carbocycles. The summed E-state index contributed by atoms with van der Waals surface area (Å²) in [6, 6.07) is 2.09. The molecule has 17 heavy (non-hydrogen) atoms. The number of rotatable bonds is 4. The van der Waals surface area contributed by atoms with Crippen molar-refractivity contribution in [2.24, 2.45) is 5.92 Å². The summed E-state index contributed by atoms with van der Waals surface area (Å²) in [6.45, 7) is 1.66. The Bertz CT molecular complexity index is 454. The van der Waals surface area contributed by atoms with Gasteiger partial charge in [-0.25, -0.2) is 12.7 Å². The monoisotopic (exact) mass is 274 g/mol. The zero-order valence-electron chi connectivity index (χ0n) is 10.1. The topological polar surface area (TPSA) is 49.4 Å². The fourth-order valence-corrected chi connectivity index (χ4v) is 4.12. The Hall–Kier alpha value is -0.430. The molecule has 1 fully saturated rings. The lowest BCUT2D eigenvalue weighted by Crippen LogP contribution is -2.31. The molecule has 0 bridgehead atoms. The average Bonchev–Trinajstić information content (AvgIpc) is 2.85. The van der Waals surface area contributed by atoms with Crippen molar-refractivity contribution in [3.05, 3.63) is 22.4 Å². The summed E-state index contributed by atoms with van der Waals surface area (Å²) < 4.78 is 25.1. The van der Waals surface area contributed by atoms with Crippen LogP contribution in [0.1, 0.15) is 11.5 Å². The van der Waals surface area contributed by atoms with Crippen LogP contribution in [-0.4, -0.2) is 45.7 Å². The summed E-state index contributed by atoms with van der Waals surface area (Å²) in [7, 11) is 0.0802. The van der Waals surface area contributed by atoms with Crippen LogP contribution in [0.4, 0.5) is 0 Å². The van der Waals surface area contributed by atoms with Crippen LogP contribution < -0.4 is 5.32 Å². The summed E-state index contributed by atoms with van der Waals surface area (Å²) in [5.74, 6) is 0.737. The molecule has 2 unspecified atom stereocenters. The van der Waals surface area contributed by atoms with Crippen LogP contribution in [0.15, 0.2) is 16.8 Å². The van der Waals surface area contributed by atoms with Crippen LogP contribution in [0.2, 0.25) is 0 Å². The second-order valence-electron chi connectivity index (χ2n) is 4.64. The first-order valence-electron chi connectivity index (χ1n) is 5.63. The third kappa shape index (κ3) is 2.88. The predicted molar refractivity (Wildman–Crippen MR) is 70.9 cm³/mol. The molecule has 6 heteroatoms. The SMILES string of the molecule is CN(C)S(=O)(=O)CC1CNCC1c1ccsc1. The molecule has 96 valence electrons. The zero-order chi connectivity index (χ0) is 12.5. The Labute approximate surface area is 107 Å². The van der Waals surface area contributed by atoms with Gasteiger partial charge in [0.15, 0.2) is 0 Å². The van der Waals surface area contributed by atoms with E-state index in [0.717, 1.165) is 13.1 Å². The van der Waals surface area contributed by atoms with Gasteiger partial charge in [-0.3, -0.25) is 0 Å². The van der Waals surface area contributed by atoms with E-state index in [1.54, 1.807) is 25.4 Å². The van der Waals surface area contributed by atoms with E-state index in [-0.39, 0.29) is 11.7 Å². The molecule has 1 saturated heterocycles. The molecule has 0 saturated carbocycles. The smallest absolute Gasteiger partial charge is 0.213 e. The van der Waals surface area contributed by atoms with Crippen molar-refractivity contribution in [1.82, 2.24) is 9.62 Å². The molecule has 0 aromatic carbocycles. The Balaban J connectivity index is 2.11. The summed E-state index contributed by atoms with van der Waals surface area (Å²) in [5.41, 5.74) is 1.26. The second kappa shape index (κ2) is 5.06. The van der Waals surface area contributed by atoms with Gasteiger partial charge >= 0.3 is 0 Å². The minimum Gasteiger partial charge on any atom is -0.316 e. The minimum atomic E-state index is -3.11. The van der Waals surface area contributed by atoms with E-state index in [0.29, 0.717) is 5.92 Å². The second-order valence-corrected chi connectivity index (χ2v) is 7.65. The quantitative estimate of drug-likeness (QED) is 0.889. The maximum atomic E-state index is 11.9. The lowest BCUT2D eigenvalue weighted by Gasteiger charge is -2.20. The summed E-state index contributed by atoms with van der Waals surface area (Å²) in [5, 5.41) is 7.46. The third-order valence-corrected chi connectivity index (χ3v) is 5.96. The first-order chi connectivity index (χ1) is 8.00. The molecule has 1 aliphatic heterocycles. The van der Waals surface area contributed by atoms with E-state index < -0.39 is 10.0 Å². The highest BCUT2D eigenvalue weighted by Crippen LogP contribution is 2.30. The minimum absolute atomic E-state index is 0.178. The van der Waals surface area contributed by atoms with E-state index in [9.17, 15) is 8.42 Å². The number of thiophene rings is 1. The Morgan fingerprint density at radius 2 is 2.24 bits per heavy atom. The van der Waals surface area contributed by atoms with Crippen molar-refractivity contribution in [2.45, 2.75) is 5.92 Å². The fraction of sp³-hybridized carbons (Fsp3) is 0.636. The first kappa shape index (κ1) is 13.0. The fourth-order valence-electron chi connectivity index (χ4n) is 2.20. The molecular weight excluding hydrogens is 256 g/mol. The van der Waals surface area contributed by atoms with E-state index in [2.05, 4.69) is 16.8 Å². The lowest BCUT2D eigenvalue weighted by molar-refractivity contribution is 0.492. The Kier molecular flexibility index (Phi) is 3.87. The predicted octanol–water partition coefficient (Wildman–Crippen LogP) is 0.943. The van der Waals surface area contributed by atoms with E-state index >= 15 is 0 Å². The van der Waals surface area contributed by atoms with Crippen LogP contribution >= 0.6 is 11.3 Å². The van der Waals surface area contributed by atoms with E-state index in [4.69, 9.17) is 0 Å². The molecule has 0 spiro atoms. The molecule has 1 aliphatic rings. The molecule has 1 N–H and O–H groups in total. The van der Waals surface area contributed by atoms with Gasteiger partial charge in [0, 0.05) is 26.6 Å². The number of nitrogens with one attached hydrogen (secondary N) is 1. The highest BCUT2D eigenvalue weighted by Gasteiger charge is 2.33. The summed E-state index contributed by atoms with van der Waals surface area (Å²) >= 11 is 1.67. The number of hydrogen-bond donors (Lipinski definition) is 1. The van der Waals surface area contributed by atoms with E-state index in [1.165, 1.54) is 9.87 Å². The van der Waals surface area contributed by atoms with Crippen molar-refractivity contribution in [3.63, 3.8) is 0 Å². The Morgan fingerprint density at radius 1 is 1.47 bits per heavy atom. The molecule has 0 amide bonds. The van der Waals surface area contributed by atoms with Gasteiger partial charge in [0.2, 0.25) is 10.0 Å². The maximum Gasteiger partial charge on any atom is 0.213 e. The molecule has 0 radical (unpaired) electrons. The van der Waals surface area contributed by atoms with Gasteiger partial charge in [0.1, 0.15) is 0 Å². The molecule has 1 aromatic heterocycles. The van der Waals surface area contributed by atoms with E-state index in [1.807, 2.05) is 5.38 Å². The summed E-state index contributed by atoms with van der Waals surface area (Å²) in [4.78, 5) is 0. The highest BCUT2D eigenvalue weighted by atomic mass is 32.2. The molecule has 2 atom stereocenters. The molecular formula is C11H18N2O2S2. The maximum absolute atomic E-state index is 11.9. The number of sulfonamides is 1. The van der Waals surface area contributed by atoms with Crippen molar-refractivity contribution in [3.8, 4) is 0 Å². The normalized spacial score (nSPS) is 25.6. The van der Waals surface area contributed by atoms with Gasteiger partial charge < -0.3 is 5.32 Å². The van der Waals surface area contributed by atoms with Crippen LogP contribution in [-0.2, 0) is 10.0 Å². The van der Waals surface area contributed by atoms with Crippen molar-refractivity contribution in [1.29, 1.82) is 0 Å². The number of nitrogens with zero attached hydrogens (tertiary/aromatic N) is 1. The van der Waals surface area contributed by atoms with Crippen LogP contribution in [0.3, 0.4) is 0 Å². The largest absolute Gasteiger partial charge is 0.316 e. The van der Waals surface area contributed by atoms with Crippen LogP contribution in [0.5, 0.6) is 0 Å². The van der Waals surface area contributed by atoms with Gasteiger partial charge in [-0.05, 0) is 34.9 Å². The van der Waals surface area contributed by atoms with Crippen molar-refractivity contribution in [2.75, 3.05) is 32.9 Å². The third-order valence-electron chi connectivity index (χ3n) is 3.29. The molecule has 2 heterocycles. The molecule has 4 nitrogen and oxygen atoms in total. The van der Waals surface area contributed by atoms with Gasteiger partial charge in [-0.15, -0.1) is 0 Å². The van der Waals surface area contributed by atoms with Gasteiger partial charge in [0.25, 0.3) is 0 Å². The average molecular weight is 274 g/mol. The standard InChI is InChI=1S/C11H18N2O2S2/c1-13(2)17(14,15)8-10-5-12-6-11(10)9-3-4-16-7-9/h3-4,7,10-12H,5-6,8H2,1-2H3. The number of hydrogen-bond acceptors (Lipinski definition) is 4. The van der Waals surface area contributed by atoms with Gasteiger partial charge in [-0.1, -0.05) is 0 Å². The molecule has 1 aromatic rings. The van der Waals surface area contributed by atoms with Gasteiger partial charge in [-0.2, -0.15) is 11.3 Å². The lowest BCUT2D eigenvalue weighted by atomic mass is 9.92. The zero-order valence-corrected chi connectivity index (χ0v) is 11.7.